The molecule has 0 radical (unpaired) electrons. The molecule has 0 aromatic carbocycles. The molecule has 0 atom stereocenters. The lowest BCUT2D eigenvalue weighted by Crippen LogP contribution is -2.27. The third-order valence-corrected chi connectivity index (χ3v) is 2.64. The minimum Gasteiger partial charge on any atom is -0.370 e. The predicted octanol–water partition coefficient (Wildman–Crippen LogP) is 1.32. The van der Waals surface area contributed by atoms with Crippen LogP contribution < -0.4 is 10.6 Å². The van der Waals surface area contributed by atoms with Gasteiger partial charge in [-0.1, -0.05) is 5.16 Å². The Morgan fingerprint density at radius 3 is 2.95 bits per heavy atom. The maximum absolute atomic E-state index is 13.2. The molecule has 1 amide bonds. The number of carbonyl (C=O) groups is 1. The standard InChI is InChI=1S/C13H16FN5O2/c1-3-15-12-10(6-9(14)7-17-12)13(20)16-5-4-11-18-8(2)19-21-11/h6-7H,3-5H2,1-2H3,(H,15,17)(H,16,20). The van der Waals surface area contributed by atoms with Gasteiger partial charge >= 0.3 is 0 Å². The van der Waals surface area contributed by atoms with Crippen molar-refractivity contribution >= 4 is 11.7 Å². The first-order valence-electron chi connectivity index (χ1n) is 6.57. The molecule has 2 N–H and O–H groups in total. The quantitative estimate of drug-likeness (QED) is 0.834. The van der Waals surface area contributed by atoms with Crippen molar-refractivity contribution in [2.24, 2.45) is 0 Å². The summed E-state index contributed by atoms with van der Waals surface area (Å²) in [7, 11) is 0. The van der Waals surface area contributed by atoms with E-state index in [1.807, 2.05) is 6.92 Å². The normalized spacial score (nSPS) is 10.4. The maximum atomic E-state index is 13.2. The Labute approximate surface area is 121 Å². The van der Waals surface area contributed by atoms with Gasteiger partial charge < -0.3 is 15.2 Å². The van der Waals surface area contributed by atoms with Crippen molar-refractivity contribution in [3.05, 3.63) is 35.4 Å². The number of hydrogen-bond donors (Lipinski definition) is 2. The number of anilines is 1. The van der Waals surface area contributed by atoms with Crippen LogP contribution in [-0.2, 0) is 6.42 Å². The first kappa shape index (κ1) is 14.9. The van der Waals surface area contributed by atoms with Crippen molar-refractivity contribution in [2.75, 3.05) is 18.4 Å². The lowest BCUT2D eigenvalue weighted by molar-refractivity contribution is 0.0953. The number of aryl methyl sites for hydroxylation is 1. The van der Waals surface area contributed by atoms with Gasteiger partial charge in [-0.05, 0) is 19.9 Å². The van der Waals surface area contributed by atoms with Gasteiger partial charge in [0.15, 0.2) is 5.82 Å². The van der Waals surface area contributed by atoms with Crippen LogP contribution in [0.2, 0.25) is 0 Å². The number of nitrogens with zero attached hydrogens (tertiary/aromatic N) is 3. The fourth-order valence-electron chi connectivity index (χ4n) is 1.74. The van der Waals surface area contributed by atoms with Gasteiger partial charge in [0.2, 0.25) is 5.89 Å². The molecule has 112 valence electrons. The van der Waals surface area contributed by atoms with E-state index >= 15 is 0 Å². The van der Waals surface area contributed by atoms with Crippen LogP contribution in [0.4, 0.5) is 10.2 Å². The summed E-state index contributed by atoms with van der Waals surface area (Å²) >= 11 is 0. The largest absolute Gasteiger partial charge is 0.370 e. The zero-order valence-electron chi connectivity index (χ0n) is 11.8. The number of pyridine rings is 1. The Balaban J connectivity index is 1.97. The number of nitrogens with one attached hydrogen (secondary N) is 2. The Kier molecular flexibility index (Phi) is 4.81. The second-order valence-corrected chi connectivity index (χ2v) is 4.32. The van der Waals surface area contributed by atoms with E-state index in [0.717, 1.165) is 12.3 Å². The SMILES string of the molecule is CCNc1ncc(F)cc1C(=O)NCCc1nc(C)no1. The molecule has 0 aliphatic rings. The highest BCUT2D eigenvalue weighted by molar-refractivity contribution is 5.98. The summed E-state index contributed by atoms with van der Waals surface area (Å²) in [6.07, 6.45) is 1.47. The lowest BCUT2D eigenvalue weighted by atomic mass is 10.2. The third kappa shape index (κ3) is 3.98. The molecular formula is C13H16FN5O2. The van der Waals surface area contributed by atoms with Crippen molar-refractivity contribution in [3.63, 3.8) is 0 Å². The molecule has 0 fully saturated rings. The first-order valence-corrected chi connectivity index (χ1v) is 6.57. The second-order valence-electron chi connectivity index (χ2n) is 4.32. The Morgan fingerprint density at radius 1 is 1.48 bits per heavy atom. The van der Waals surface area contributed by atoms with Crippen LogP contribution in [0.25, 0.3) is 0 Å². The predicted molar refractivity (Wildman–Crippen MR) is 73.4 cm³/mol. The van der Waals surface area contributed by atoms with Gasteiger partial charge in [-0.3, -0.25) is 4.79 Å². The van der Waals surface area contributed by atoms with E-state index in [2.05, 4.69) is 25.8 Å². The van der Waals surface area contributed by atoms with Crippen molar-refractivity contribution in [1.82, 2.24) is 20.4 Å². The molecule has 21 heavy (non-hydrogen) atoms. The Hall–Kier alpha value is -2.51. The van der Waals surface area contributed by atoms with E-state index in [9.17, 15) is 9.18 Å². The van der Waals surface area contributed by atoms with E-state index < -0.39 is 11.7 Å². The van der Waals surface area contributed by atoms with E-state index in [1.165, 1.54) is 0 Å². The highest BCUT2D eigenvalue weighted by atomic mass is 19.1. The van der Waals surface area contributed by atoms with E-state index in [0.29, 0.717) is 37.0 Å². The summed E-state index contributed by atoms with van der Waals surface area (Å²) in [6, 6.07) is 1.15. The number of rotatable bonds is 6. The summed E-state index contributed by atoms with van der Waals surface area (Å²) < 4.78 is 18.2. The lowest BCUT2D eigenvalue weighted by Gasteiger charge is -2.09. The number of halogens is 1. The van der Waals surface area contributed by atoms with Gasteiger partial charge in [0.1, 0.15) is 11.6 Å². The topological polar surface area (TPSA) is 92.9 Å². The summed E-state index contributed by atoms with van der Waals surface area (Å²) in [5, 5.41) is 9.24. The molecule has 2 heterocycles. The molecule has 0 aliphatic carbocycles. The number of hydrogen-bond acceptors (Lipinski definition) is 6. The minimum absolute atomic E-state index is 0.165. The highest BCUT2D eigenvalue weighted by Gasteiger charge is 2.14. The average molecular weight is 293 g/mol. The number of amides is 1. The third-order valence-electron chi connectivity index (χ3n) is 2.64. The molecule has 2 aromatic heterocycles. The molecule has 0 saturated heterocycles. The average Bonchev–Trinajstić information content (AvgIpc) is 2.86. The molecule has 0 bridgehead atoms. The summed E-state index contributed by atoms with van der Waals surface area (Å²) in [6.45, 7) is 4.47. The summed E-state index contributed by atoms with van der Waals surface area (Å²) in [5.74, 6) is 0.366. The van der Waals surface area contributed by atoms with Gasteiger partial charge in [0, 0.05) is 19.5 Å². The zero-order chi connectivity index (χ0) is 15.2. The molecule has 2 aromatic rings. The van der Waals surface area contributed by atoms with Crippen molar-refractivity contribution < 1.29 is 13.7 Å². The molecule has 0 unspecified atom stereocenters. The van der Waals surface area contributed by atoms with Gasteiger partial charge in [0.25, 0.3) is 5.91 Å². The molecule has 0 saturated carbocycles. The van der Waals surface area contributed by atoms with Gasteiger partial charge in [-0.15, -0.1) is 0 Å². The van der Waals surface area contributed by atoms with E-state index in [-0.39, 0.29) is 5.56 Å². The van der Waals surface area contributed by atoms with Crippen LogP contribution in [0.5, 0.6) is 0 Å². The van der Waals surface area contributed by atoms with Crippen LogP contribution >= 0.6 is 0 Å². The Bertz CT molecular complexity index is 629. The van der Waals surface area contributed by atoms with Crippen LogP contribution in [-0.4, -0.2) is 34.1 Å². The second kappa shape index (κ2) is 6.78. The van der Waals surface area contributed by atoms with E-state index in [4.69, 9.17) is 4.52 Å². The fourth-order valence-corrected chi connectivity index (χ4v) is 1.74. The number of aromatic nitrogens is 3. The fraction of sp³-hybridized carbons (Fsp3) is 0.385. The highest BCUT2D eigenvalue weighted by Crippen LogP contribution is 2.13. The summed E-state index contributed by atoms with van der Waals surface area (Å²) in [4.78, 5) is 20.0. The smallest absolute Gasteiger partial charge is 0.255 e. The van der Waals surface area contributed by atoms with Crippen LogP contribution in [0.15, 0.2) is 16.8 Å². The zero-order valence-corrected chi connectivity index (χ0v) is 11.8. The molecule has 2 rings (SSSR count). The molecule has 0 aliphatic heterocycles. The van der Waals surface area contributed by atoms with Gasteiger partial charge in [0.05, 0.1) is 11.8 Å². The van der Waals surface area contributed by atoms with Crippen molar-refractivity contribution in [1.29, 1.82) is 0 Å². The minimum atomic E-state index is -0.561. The van der Waals surface area contributed by atoms with E-state index in [1.54, 1.807) is 6.92 Å². The van der Waals surface area contributed by atoms with Crippen molar-refractivity contribution in [3.8, 4) is 0 Å². The molecular weight excluding hydrogens is 277 g/mol. The van der Waals surface area contributed by atoms with Crippen LogP contribution in [0.3, 0.4) is 0 Å². The van der Waals surface area contributed by atoms with Gasteiger partial charge in [-0.25, -0.2) is 9.37 Å². The van der Waals surface area contributed by atoms with Crippen molar-refractivity contribution in [2.45, 2.75) is 20.3 Å². The first-order chi connectivity index (χ1) is 10.1. The van der Waals surface area contributed by atoms with Crippen LogP contribution in [0, 0.1) is 12.7 Å². The molecule has 7 nitrogen and oxygen atoms in total. The molecule has 8 heteroatoms. The Morgan fingerprint density at radius 2 is 2.29 bits per heavy atom. The maximum Gasteiger partial charge on any atom is 0.255 e. The number of carbonyl (C=O) groups excluding carboxylic acids is 1. The molecule has 0 spiro atoms. The monoisotopic (exact) mass is 293 g/mol. The summed E-state index contributed by atoms with van der Waals surface area (Å²) in [5.41, 5.74) is 0.165. The van der Waals surface area contributed by atoms with Crippen LogP contribution in [0.1, 0.15) is 29.0 Å². The van der Waals surface area contributed by atoms with Gasteiger partial charge in [-0.2, -0.15) is 4.98 Å².